The van der Waals surface area contributed by atoms with Crippen molar-refractivity contribution >= 4 is 0 Å². The summed E-state index contributed by atoms with van der Waals surface area (Å²) in [6, 6.07) is 0.397. The number of hydrogen-bond acceptors (Lipinski definition) is 2. The first-order valence-corrected chi connectivity index (χ1v) is 7.12. The van der Waals surface area contributed by atoms with E-state index in [2.05, 4.69) is 22.2 Å². The Morgan fingerprint density at radius 2 is 2.12 bits per heavy atom. The van der Waals surface area contributed by atoms with Gasteiger partial charge in [-0.25, -0.2) is 4.98 Å². The van der Waals surface area contributed by atoms with Crippen LogP contribution in [0.5, 0.6) is 0 Å². The Morgan fingerprint density at radius 1 is 1.35 bits per heavy atom. The summed E-state index contributed by atoms with van der Waals surface area (Å²) in [6.45, 7) is 3.37. The number of hydrogen-bond donors (Lipinski definition) is 2. The zero-order valence-electron chi connectivity index (χ0n) is 10.9. The lowest BCUT2D eigenvalue weighted by Gasteiger charge is -2.20. The molecule has 1 saturated carbocycles. The number of rotatable bonds is 5. The largest absolute Gasteiger partial charge is 0.347 e. The first kappa shape index (κ1) is 12.6. The summed E-state index contributed by atoms with van der Waals surface area (Å²) in [7, 11) is 0. The fourth-order valence-corrected chi connectivity index (χ4v) is 2.78. The van der Waals surface area contributed by atoms with Gasteiger partial charge in [0.25, 0.3) is 0 Å². The lowest BCUT2D eigenvalue weighted by atomic mass is 10.00. The standard InChI is InChI=1S/C14H25N3/c1-2-13(14-15-9-10-16-14)17-11-12-7-5-3-4-6-8-12/h9-10,12-13,17H,2-8,11H2,1H3,(H,15,16). The topological polar surface area (TPSA) is 40.7 Å². The molecule has 0 bridgehead atoms. The Kier molecular flexibility index (Phi) is 5.05. The van der Waals surface area contributed by atoms with Crippen LogP contribution in [-0.2, 0) is 0 Å². The Bertz CT molecular complexity index is 286. The summed E-state index contributed by atoms with van der Waals surface area (Å²) in [5.74, 6) is 1.96. The quantitative estimate of drug-likeness (QED) is 0.768. The third kappa shape index (κ3) is 3.84. The monoisotopic (exact) mass is 235 g/mol. The summed E-state index contributed by atoms with van der Waals surface area (Å²) in [5.41, 5.74) is 0. The van der Waals surface area contributed by atoms with Gasteiger partial charge in [0.2, 0.25) is 0 Å². The summed E-state index contributed by atoms with van der Waals surface area (Å²) >= 11 is 0. The van der Waals surface area contributed by atoms with Crippen molar-refractivity contribution in [1.82, 2.24) is 15.3 Å². The molecule has 0 amide bonds. The van der Waals surface area contributed by atoms with Crippen molar-refractivity contribution in [2.45, 2.75) is 57.9 Å². The molecule has 2 rings (SSSR count). The molecule has 2 N–H and O–H groups in total. The molecule has 17 heavy (non-hydrogen) atoms. The average molecular weight is 235 g/mol. The molecule has 1 aliphatic carbocycles. The molecular weight excluding hydrogens is 210 g/mol. The molecule has 1 unspecified atom stereocenters. The van der Waals surface area contributed by atoms with Crippen molar-refractivity contribution in [2.75, 3.05) is 6.54 Å². The Hall–Kier alpha value is -0.830. The van der Waals surface area contributed by atoms with E-state index in [-0.39, 0.29) is 0 Å². The molecule has 1 aliphatic rings. The van der Waals surface area contributed by atoms with E-state index in [1.165, 1.54) is 38.5 Å². The SMILES string of the molecule is CCC(NCC1CCCCCC1)c1ncc[nH]1. The number of H-pyrrole nitrogens is 1. The predicted molar refractivity (Wildman–Crippen MR) is 70.8 cm³/mol. The zero-order valence-corrected chi connectivity index (χ0v) is 10.9. The van der Waals surface area contributed by atoms with E-state index >= 15 is 0 Å². The van der Waals surface area contributed by atoms with E-state index in [0.29, 0.717) is 6.04 Å². The minimum absolute atomic E-state index is 0.397. The fraction of sp³-hybridized carbons (Fsp3) is 0.786. The van der Waals surface area contributed by atoms with Crippen molar-refractivity contribution in [3.63, 3.8) is 0 Å². The molecule has 0 saturated heterocycles. The van der Waals surface area contributed by atoms with Crippen molar-refractivity contribution in [1.29, 1.82) is 0 Å². The highest BCUT2D eigenvalue weighted by atomic mass is 15.0. The van der Waals surface area contributed by atoms with Crippen LogP contribution in [0.15, 0.2) is 12.4 Å². The third-order valence-electron chi connectivity index (χ3n) is 3.89. The summed E-state index contributed by atoms with van der Waals surface area (Å²) < 4.78 is 0. The van der Waals surface area contributed by atoms with Crippen LogP contribution in [0, 0.1) is 5.92 Å². The molecule has 3 nitrogen and oxygen atoms in total. The van der Waals surface area contributed by atoms with Gasteiger partial charge in [0.1, 0.15) is 5.82 Å². The molecule has 1 aromatic heterocycles. The molecule has 3 heteroatoms. The van der Waals surface area contributed by atoms with Gasteiger partial charge < -0.3 is 10.3 Å². The molecule has 1 aromatic rings. The number of aromatic amines is 1. The van der Waals surface area contributed by atoms with Crippen LogP contribution in [0.25, 0.3) is 0 Å². The van der Waals surface area contributed by atoms with Crippen molar-refractivity contribution in [3.05, 3.63) is 18.2 Å². The first-order valence-electron chi connectivity index (χ1n) is 7.12. The lowest BCUT2D eigenvalue weighted by Crippen LogP contribution is -2.27. The maximum Gasteiger partial charge on any atom is 0.123 e. The summed E-state index contributed by atoms with van der Waals surface area (Å²) in [4.78, 5) is 7.57. The second-order valence-electron chi connectivity index (χ2n) is 5.20. The van der Waals surface area contributed by atoms with Gasteiger partial charge in [-0.05, 0) is 31.7 Å². The van der Waals surface area contributed by atoms with Gasteiger partial charge >= 0.3 is 0 Å². The zero-order chi connectivity index (χ0) is 11.9. The van der Waals surface area contributed by atoms with Gasteiger partial charge in [0.05, 0.1) is 6.04 Å². The van der Waals surface area contributed by atoms with Gasteiger partial charge in [-0.3, -0.25) is 0 Å². The number of nitrogens with one attached hydrogen (secondary N) is 2. The van der Waals surface area contributed by atoms with Crippen LogP contribution in [-0.4, -0.2) is 16.5 Å². The minimum atomic E-state index is 0.397. The third-order valence-corrected chi connectivity index (χ3v) is 3.89. The Labute approximate surface area is 104 Å². The number of nitrogens with zero attached hydrogens (tertiary/aromatic N) is 1. The first-order chi connectivity index (χ1) is 8.40. The molecule has 0 aliphatic heterocycles. The van der Waals surface area contributed by atoms with Crippen LogP contribution < -0.4 is 5.32 Å². The number of aromatic nitrogens is 2. The minimum Gasteiger partial charge on any atom is -0.347 e. The highest BCUT2D eigenvalue weighted by Gasteiger charge is 2.16. The fourth-order valence-electron chi connectivity index (χ4n) is 2.78. The molecular formula is C14H25N3. The van der Waals surface area contributed by atoms with E-state index < -0.39 is 0 Å². The normalized spacial score (nSPS) is 20.1. The second kappa shape index (κ2) is 6.80. The predicted octanol–water partition coefficient (Wildman–Crippen LogP) is 3.42. The highest BCUT2D eigenvalue weighted by molar-refractivity contribution is 4.95. The van der Waals surface area contributed by atoms with Crippen LogP contribution in [0.2, 0.25) is 0 Å². The maximum absolute atomic E-state index is 4.35. The van der Waals surface area contributed by atoms with Crippen molar-refractivity contribution in [3.8, 4) is 0 Å². The van der Waals surface area contributed by atoms with Crippen molar-refractivity contribution in [2.24, 2.45) is 5.92 Å². The Balaban J connectivity index is 1.79. The Morgan fingerprint density at radius 3 is 2.71 bits per heavy atom. The number of imidazole rings is 1. The maximum atomic E-state index is 4.35. The smallest absolute Gasteiger partial charge is 0.123 e. The van der Waals surface area contributed by atoms with Gasteiger partial charge in [0.15, 0.2) is 0 Å². The molecule has 0 radical (unpaired) electrons. The molecule has 1 atom stereocenters. The average Bonchev–Trinajstić information content (AvgIpc) is 2.74. The molecule has 0 aromatic carbocycles. The van der Waals surface area contributed by atoms with Gasteiger partial charge in [-0.1, -0.05) is 32.6 Å². The van der Waals surface area contributed by atoms with Crippen LogP contribution in [0.4, 0.5) is 0 Å². The van der Waals surface area contributed by atoms with Crippen LogP contribution in [0.3, 0.4) is 0 Å². The second-order valence-corrected chi connectivity index (χ2v) is 5.20. The lowest BCUT2D eigenvalue weighted by molar-refractivity contribution is 0.384. The van der Waals surface area contributed by atoms with E-state index in [9.17, 15) is 0 Å². The van der Waals surface area contributed by atoms with Gasteiger partial charge in [-0.2, -0.15) is 0 Å². The molecule has 1 heterocycles. The van der Waals surface area contributed by atoms with Gasteiger partial charge in [0, 0.05) is 12.4 Å². The van der Waals surface area contributed by atoms with Gasteiger partial charge in [-0.15, -0.1) is 0 Å². The van der Waals surface area contributed by atoms with E-state index in [4.69, 9.17) is 0 Å². The highest BCUT2D eigenvalue weighted by Crippen LogP contribution is 2.23. The summed E-state index contributed by atoms with van der Waals surface area (Å²) in [6.07, 6.45) is 13.4. The van der Waals surface area contributed by atoms with Crippen LogP contribution in [0.1, 0.15) is 63.7 Å². The van der Waals surface area contributed by atoms with Crippen molar-refractivity contribution < 1.29 is 0 Å². The molecule has 96 valence electrons. The molecule has 0 spiro atoms. The van der Waals surface area contributed by atoms with E-state index in [1.54, 1.807) is 0 Å². The van der Waals surface area contributed by atoms with Crippen LogP contribution >= 0.6 is 0 Å². The van der Waals surface area contributed by atoms with E-state index in [0.717, 1.165) is 24.7 Å². The summed E-state index contributed by atoms with van der Waals surface area (Å²) in [5, 5.41) is 3.68. The molecule has 1 fully saturated rings. The van der Waals surface area contributed by atoms with E-state index in [1.807, 2.05) is 12.4 Å².